The fourth-order valence-electron chi connectivity index (χ4n) is 1.90. The molecule has 2 rings (SSSR count). The predicted octanol–water partition coefficient (Wildman–Crippen LogP) is 3.60. The molecule has 0 heterocycles. The fourth-order valence-corrected chi connectivity index (χ4v) is 2.32. The lowest BCUT2D eigenvalue weighted by molar-refractivity contribution is 0.0471. The maximum Gasteiger partial charge on any atom is 0.342 e. The van der Waals surface area contributed by atoms with Crippen LogP contribution in [0.25, 0.3) is 0 Å². The number of esters is 1. The van der Waals surface area contributed by atoms with Crippen LogP contribution in [0.5, 0.6) is 5.75 Å². The number of Topliss-reactive ketones (excluding diaryl/α,β-unsaturated/α-hetero) is 1. The second-order valence-electron chi connectivity index (χ2n) is 4.57. The number of rotatable bonds is 6. The number of methoxy groups -OCH3 is 1. The molecule has 4 nitrogen and oxygen atoms in total. The average molecular weight is 334 g/mol. The topological polar surface area (TPSA) is 52.6 Å². The molecular weight excluding hydrogens is 319 g/mol. The third-order valence-corrected chi connectivity index (χ3v) is 3.85. The summed E-state index contributed by atoms with van der Waals surface area (Å²) in [6.45, 7) is -0.419. The van der Waals surface area contributed by atoms with E-state index < -0.39 is 24.2 Å². The summed E-state index contributed by atoms with van der Waals surface area (Å²) >= 11 is 1.52. The van der Waals surface area contributed by atoms with Gasteiger partial charge >= 0.3 is 5.97 Å². The molecule has 0 radical (unpaired) electrons. The van der Waals surface area contributed by atoms with Crippen LogP contribution in [0.2, 0.25) is 0 Å². The van der Waals surface area contributed by atoms with Gasteiger partial charge in [-0.1, -0.05) is 0 Å². The van der Waals surface area contributed by atoms with E-state index in [1.165, 1.54) is 43.1 Å². The Kier molecular flexibility index (Phi) is 5.76. The van der Waals surface area contributed by atoms with Crippen molar-refractivity contribution in [1.82, 2.24) is 0 Å². The molecule has 0 fully saturated rings. The van der Waals surface area contributed by atoms with Gasteiger partial charge in [0.1, 0.15) is 17.1 Å². The van der Waals surface area contributed by atoms with Gasteiger partial charge in [0.05, 0.1) is 7.11 Å². The van der Waals surface area contributed by atoms with E-state index in [1.54, 1.807) is 18.2 Å². The highest BCUT2D eigenvalue weighted by Crippen LogP contribution is 2.25. The standard InChI is InChI=1S/C17H15FO4S/c1-21-16-9-13(23-2)7-8-14(16)17(20)22-10-15(19)11-3-5-12(18)6-4-11/h3-9H,10H2,1-2H3. The zero-order valence-corrected chi connectivity index (χ0v) is 13.5. The van der Waals surface area contributed by atoms with Crippen LogP contribution in [0.1, 0.15) is 20.7 Å². The number of carbonyl (C=O) groups is 2. The van der Waals surface area contributed by atoms with Crippen molar-refractivity contribution in [1.29, 1.82) is 0 Å². The number of hydrogen-bond donors (Lipinski definition) is 0. The maximum absolute atomic E-state index is 12.8. The summed E-state index contributed by atoms with van der Waals surface area (Å²) < 4.78 is 23.0. The minimum Gasteiger partial charge on any atom is -0.496 e. The van der Waals surface area contributed by atoms with Gasteiger partial charge < -0.3 is 9.47 Å². The molecule has 0 spiro atoms. The van der Waals surface area contributed by atoms with Gasteiger partial charge in [-0.25, -0.2) is 9.18 Å². The van der Waals surface area contributed by atoms with Crippen molar-refractivity contribution in [3.8, 4) is 5.75 Å². The first-order valence-electron chi connectivity index (χ1n) is 6.73. The Morgan fingerprint density at radius 2 is 1.83 bits per heavy atom. The first kappa shape index (κ1) is 17.0. The Morgan fingerprint density at radius 1 is 1.13 bits per heavy atom. The molecule has 23 heavy (non-hydrogen) atoms. The van der Waals surface area contributed by atoms with Crippen LogP contribution in [0.4, 0.5) is 4.39 Å². The second-order valence-corrected chi connectivity index (χ2v) is 5.45. The maximum atomic E-state index is 12.8. The molecule has 0 aliphatic heterocycles. The molecule has 0 amide bonds. The third-order valence-electron chi connectivity index (χ3n) is 3.13. The SMILES string of the molecule is COc1cc(SC)ccc1C(=O)OCC(=O)c1ccc(F)cc1. The summed E-state index contributed by atoms with van der Waals surface area (Å²) in [5, 5.41) is 0. The van der Waals surface area contributed by atoms with Crippen LogP contribution in [0, 0.1) is 5.82 Å². The second kappa shape index (κ2) is 7.78. The number of hydrogen-bond acceptors (Lipinski definition) is 5. The Morgan fingerprint density at radius 3 is 2.43 bits per heavy atom. The number of ketones is 1. The zero-order chi connectivity index (χ0) is 16.8. The highest BCUT2D eigenvalue weighted by Gasteiger charge is 2.16. The van der Waals surface area contributed by atoms with Crippen molar-refractivity contribution in [3.63, 3.8) is 0 Å². The highest BCUT2D eigenvalue weighted by molar-refractivity contribution is 7.98. The summed E-state index contributed by atoms with van der Waals surface area (Å²) in [5.41, 5.74) is 0.529. The molecule has 0 atom stereocenters. The van der Waals surface area contributed by atoms with Crippen LogP contribution in [-0.2, 0) is 4.74 Å². The van der Waals surface area contributed by atoms with E-state index in [0.717, 1.165) is 4.90 Å². The van der Waals surface area contributed by atoms with E-state index in [2.05, 4.69) is 0 Å². The van der Waals surface area contributed by atoms with Gasteiger partial charge in [-0.05, 0) is 48.7 Å². The van der Waals surface area contributed by atoms with Gasteiger partial charge in [-0.15, -0.1) is 11.8 Å². The van der Waals surface area contributed by atoms with Crippen LogP contribution in [0.15, 0.2) is 47.4 Å². The van der Waals surface area contributed by atoms with Crippen molar-refractivity contribution in [2.24, 2.45) is 0 Å². The smallest absolute Gasteiger partial charge is 0.342 e. The lowest BCUT2D eigenvalue weighted by Gasteiger charge is -2.09. The van der Waals surface area contributed by atoms with Crippen LogP contribution in [-0.4, -0.2) is 31.7 Å². The Balaban J connectivity index is 2.04. The number of carbonyl (C=O) groups excluding carboxylic acids is 2. The third kappa shape index (κ3) is 4.32. The minimum absolute atomic E-state index is 0.247. The van der Waals surface area contributed by atoms with Crippen molar-refractivity contribution in [2.75, 3.05) is 20.0 Å². The molecule has 120 valence electrons. The van der Waals surface area contributed by atoms with Gasteiger partial charge in [0.15, 0.2) is 12.4 Å². The van der Waals surface area contributed by atoms with Crippen LogP contribution >= 0.6 is 11.8 Å². The molecule has 2 aromatic rings. The summed E-state index contributed by atoms with van der Waals surface area (Å²) in [4.78, 5) is 25.0. The molecule has 0 aromatic heterocycles. The van der Waals surface area contributed by atoms with E-state index in [9.17, 15) is 14.0 Å². The summed E-state index contributed by atoms with van der Waals surface area (Å²) in [5.74, 6) is -1.10. The zero-order valence-electron chi connectivity index (χ0n) is 12.7. The Bertz CT molecular complexity index is 713. The van der Waals surface area contributed by atoms with Crippen molar-refractivity contribution in [2.45, 2.75) is 4.90 Å². The van der Waals surface area contributed by atoms with E-state index in [-0.39, 0.29) is 11.1 Å². The van der Waals surface area contributed by atoms with E-state index in [4.69, 9.17) is 9.47 Å². The van der Waals surface area contributed by atoms with Crippen molar-refractivity contribution < 1.29 is 23.5 Å². The number of benzene rings is 2. The van der Waals surface area contributed by atoms with Gasteiger partial charge in [0.2, 0.25) is 0 Å². The summed E-state index contributed by atoms with van der Waals surface area (Å²) in [6, 6.07) is 10.1. The molecule has 0 aliphatic carbocycles. The van der Waals surface area contributed by atoms with Crippen LogP contribution < -0.4 is 4.74 Å². The normalized spacial score (nSPS) is 10.2. The monoisotopic (exact) mass is 334 g/mol. The summed E-state index contributed by atoms with van der Waals surface area (Å²) in [6.07, 6.45) is 1.91. The van der Waals surface area contributed by atoms with E-state index >= 15 is 0 Å². The van der Waals surface area contributed by atoms with Crippen molar-refractivity contribution in [3.05, 3.63) is 59.4 Å². The van der Waals surface area contributed by atoms with Gasteiger partial charge in [-0.2, -0.15) is 0 Å². The molecule has 0 bridgehead atoms. The lowest BCUT2D eigenvalue weighted by Crippen LogP contribution is -2.15. The first-order valence-corrected chi connectivity index (χ1v) is 7.95. The fraction of sp³-hybridized carbons (Fsp3) is 0.176. The molecule has 0 saturated carbocycles. The van der Waals surface area contributed by atoms with Gasteiger partial charge in [0.25, 0.3) is 0 Å². The summed E-state index contributed by atoms with van der Waals surface area (Å²) in [7, 11) is 1.46. The molecule has 0 N–H and O–H groups in total. The minimum atomic E-state index is -0.648. The van der Waals surface area contributed by atoms with Crippen LogP contribution in [0.3, 0.4) is 0 Å². The average Bonchev–Trinajstić information content (AvgIpc) is 2.59. The molecular formula is C17H15FO4S. The first-order chi connectivity index (χ1) is 11.0. The molecule has 0 unspecified atom stereocenters. The molecule has 0 aliphatic rings. The highest BCUT2D eigenvalue weighted by atomic mass is 32.2. The lowest BCUT2D eigenvalue weighted by atomic mass is 10.1. The number of halogens is 1. The molecule has 0 saturated heterocycles. The van der Waals surface area contributed by atoms with E-state index in [0.29, 0.717) is 5.75 Å². The Labute approximate surface area is 137 Å². The van der Waals surface area contributed by atoms with E-state index in [1.807, 2.05) is 6.26 Å². The van der Waals surface area contributed by atoms with Gasteiger partial charge in [0, 0.05) is 10.5 Å². The molecule has 2 aromatic carbocycles. The molecule has 6 heteroatoms. The van der Waals surface area contributed by atoms with Crippen molar-refractivity contribution >= 4 is 23.5 Å². The van der Waals surface area contributed by atoms with Gasteiger partial charge in [-0.3, -0.25) is 4.79 Å². The largest absolute Gasteiger partial charge is 0.496 e. The number of ether oxygens (including phenoxy) is 2. The predicted molar refractivity (Wildman–Crippen MR) is 85.8 cm³/mol. The number of thioether (sulfide) groups is 1. The quantitative estimate of drug-likeness (QED) is 0.459. The Hall–Kier alpha value is -2.34.